The number of hydrogen-bond acceptors (Lipinski definition) is 3. The summed E-state index contributed by atoms with van der Waals surface area (Å²) in [6.07, 6.45) is 5.39. The molecule has 68 valence electrons. The first-order valence-electron chi connectivity index (χ1n) is 4.11. The molecular formula is C9H9FN2O. The van der Waals surface area contributed by atoms with Gasteiger partial charge in [-0.2, -0.15) is 4.39 Å². The van der Waals surface area contributed by atoms with E-state index in [9.17, 15) is 4.39 Å². The van der Waals surface area contributed by atoms with Gasteiger partial charge in [0.05, 0.1) is 13.2 Å². The Bertz CT molecular complexity index is 338. The molecule has 1 aromatic rings. The van der Waals surface area contributed by atoms with Crippen LogP contribution in [-0.2, 0) is 4.74 Å². The van der Waals surface area contributed by atoms with Crippen molar-refractivity contribution < 1.29 is 9.13 Å². The topological polar surface area (TPSA) is 35.0 Å². The highest BCUT2D eigenvalue weighted by atomic mass is 19.1. The summed E-state index contributed by atoms with van der Waals surface area (Å²) < 4.78 is 18.2. The van der Waals surface area contributed by atoms with E-state index in [2.05, 4.69) is 9.97 Å². The van der Waals surface area contributed by atoms with Crippen molar-refractivity contribution in [2.24, 2.45) is 0 Å². The van der Waals surface area contributed by atoms with Crippen LogP contribution in [0.25, 0.3) is 5.57 Å². The molecule has 4 heteroatoms. The highest BCUT2D eigenvalue weighted by molar-refractivity contribution is 5.62. The first-order chi connectivity index (χ1) is 6.38. The van der Waals surface area contributed by atoms with Crippen LogP contribution in [0.5, 0.6) is 0 Å². The summed E-state index contributed by atoms with van der Waals surface area (Å²) in [5, 5.41) is 0. The number of ether oxygens (including phenoxy) is 1. The molecule has 0 saturated heterocycles. The van der Waals surface area contributed by atoms with Crippen LogP contribution in [0.3, 0.4) is 0 Å². The van der Waals surface area contributed by atoms with Crippen LogP contribution in [0.1, 0.15) is 12.1 Å². The lowest BCUT2D eigenvalue weighted by Crippen LogP contribution is -2.06. The van der Waals surface area contributed by atoms with Crippen LogP contribution in [0.2, 0.25) is 0 Å². The van der Waals surface area contributed by atoms with E-state index in [1.165, 1.54) is 12.4 Å². The molecular weight excluding hydrogens is 171 g/mol. The monoisotopic (exact) mass is 180 g/mol. The van der Waals surface area contributed by atoms with Gasteiger partial charge in [-0.1, -0.05) is 6.08 Å². The maximum Gasteiger partial charge on any atom is 0.239 e. The predicted octanol–water partition coefficient (Wildman–Crippen LogP) is 1.42. The van der Waals surface area contributed by atoms with E-state index in [1.807, 2.05) is 6.08 Å². The van der Waals surface area contributed by atoms with Crippen LogP contribution in [0.15, 0.2) is 18.5 Å². The first kappa shape index (κ1) is 8.31. The lowest BCUT2D eigenvalue weighted by molar-refractivity contribution is 0.161. The van der Waals surface area contributed by atoms with Crippen molar-refractivity contribution in [2.75, 3.05) is 13.2 Å². The van der Waals surface area contributed by atoms with Gasteiger partial charge >= 0.3 is 0 Å². The van der Waals surface area contributed by atoms with Gasteiger partial charge in [0.15, 0.2) is 0 Å². The van der Waals surface area contributed by atoms with E-state index in [4.69, 9.17) is 4.74 Å². The van der Waals surface area contributed by atoms with Gasteiger partial charge < -0.3 is 4.74 Å². The molecule has 0 saturated carbocycles. The van der Waals surface area contributed by atoms with E-state index in [1.54, 1.807) is 0 Å². The zero-order chi connectivity index (χ0) is 9.10. The summed E-state index contributed by atoms with van der Waals surface area (Å²) in [6.45, 7) is 1.16. The summed E-state index contributed by atoms with van der Waals surface area (Å²) in [6, 6.07) is 0. The Labute approximate surface area is 75.3 Å². The van der Waals surface area contributed by atoms with Crippen LogP contribution in [0, 0.1) is 5.95 Å². The molecule has 1 aliphatic heterocycles. The third kappa shape index (κ3) is 1.72. The number of halogens is 1. The molecule has 0 radical (unpaired) electrons. The standard InChI is InChI=1S/C9H9FN2O/c10-9-8(11-3-4-12-9)7-1-5-13-6-2-7/h1,3-4H,2,5-6H2. The van der Waals surface area contributed by atoms with Gasteiger partial charge in [-0.3, -0.25) is 4.98 Å². The SMILES string of the molecule is Fc1nccnc1C1=CCOCC1. The molecule has 0 spiro atoms. The Morgan fingerprint density at radius 1 is 1.31 bits per heavy atom. The highest BCUT2D eigenvalue weighted by Gasteiger charge is 2.12. The zero-order valence-electron chi connectivity index (χ0n) is 7.03. The minimum atomic E-state index is -0.504. The normalized spacial score (nSPS) is 16.8. The van der Waals surface area contributed by atoms with E-state index >= 15 is 0 Å². The Morgan fingerprint density at radius 3 is 2.85 bits per heavy atom. The second kappa shape index (κ2) is 3.62. The second-order valence-electron chi connectivity index (χ2n) is 2.75. The molecule has 13 heavy (non-hydrogen) atoms. The van der Waals surface area contributed by atoms with Crippen LogP contribution >= 0.6 is 0 Å². The van der Waals surface area contributed by atoms with Gasteiger partial charge in [-0.25, -0.2) is 4.98 Å². The van der Waals surface area contributed by atoms with Gasteiger partial charge in [0.25, 0.3) is 0 Å². The van der Waals surface area contributed by atoms with Gasteiger partial charge in [0.2, 0.25) is 5.95 Å². The largest absolute Gasteiger partial charge is 0.377 e. The third-order valence-electron chi connectivity index (χ3n) is 1.92. The molecule has 1 aliphatic rings. The van der Waals surface area contributed by atoms with Gasteiger partial charge in [0, 0.05) is 12.4 Å². The number of aromatic nitrogens is 2. The van der Waals surface area contributed by atoms with Crippen molar-refractivity contribution in [1.82, 2.24) is 9.97 Å². The fraction of sp³-hybridized carbons (Fsp3) is 0.333. The molecule has 3 nitrogen and oxygen atoms in total. The van der Waals surface area contributed by atoms with Crippen molar-refractivity contribution in [2.45, 2.75) is 6.42 Å². The summed E-state index contributed by atoms with van der Waals surface area (Å²) in [5.41, 5.74) is 1.24. The highest BCUT2D eigenvalue weighted by Crippen LogP contribution is 2.19. The molecule has 0 N–H and O–H groups in total. The molecule has 0 unspecified atom stereocenters. The fourth-order valence-corrected chi connectivity index (χ4v) is 1.28. The van der Waals surface area contributed by atoms with E-state index in [0.717, 1.165) is 5.57 Å². The summed E-state index contributed by atoms with van der Waals surface area (Å²) >= 11 is 0. The van der Waals surface area contributed by atoms with Gasteiger partial charge in [0.1, 0.15) is 5.69 Å². The average molecular weight is 180 g/mol. The molecule has 2 heterocycles. The minimum absolute atomic E-state index is 0.353. The zero-order valence-corrected chi connectivity index (χ0v) is 7.03. The van der Waals surface area contributed by atoms with Gasteiger partial charge in [-0.05, 0) is 12.0 Å². The lowest BCUT2D eigenvalue weighted by Gasteiger charge is -2.12. The molecule has 0 amide bonds. The Balaban J connectivity index is 2.34. The Kier molecular flexibility index (Phi) is 2.31. The maximum absolute atomic E-state index is 13.1. The van der Waals surface area contributed by atoms with Crippen molar-refractivity contribution in [3.63, 3.8) is 0 Å². The van der Waals surface area contributed by atoms with Crippen molar-refractivity contribution in [3.05, 3.63) is 30.1 Å². The molecule has 0 atom stereocenters. The smallest absolute Gasteiger partial charge is 0.239 e. The Hall–Kier alpha value is -1.29. The number of nitrogens with zero attached hydrogens (tertiary/aromatic N) is 2. The third-order valence-corrected chi connectivity index (χ3v) is 1.92. The molecule has 1 aromatic heterocycles. The predicted molar refractivity (Wildman–Crippen MR) is 45.4 cm³/mol. The summed E-state index contributed by atoms with van der Waals surface area (Å²) in [4.78, 5) is 7.48. The van der Waals surface area contributed by atoms with Crippen molar-refractivity contribution in [1.29, 1.82) is 0 Å². The second-order valence-corrected chi connectivity index (χ2v) is 2.75. The molecule has 0 aliphatic carbocycles. The van der Waals surface area contributed by atoms with Crippen LogP contribution in [0.4, 0.5) is 4.39 Å². The summed E-state index contributed by atoms with van der Waals surface area (Å²) in [7, 11) is 0. The number of hydrogen-bond donors (Lipinski definition) is 0. The van der Waals surface area contributed by atoms with Gasteiger partial charge in [-0.15, -0.1) is 0 Å². The van der Waals surface area contributed by atoms with E-state index in [-0.39, 0.29) is 0 Å². The quantitative estimate of drug-likeness (QED) is 0.655. The van der Waals surface area contributed by atoms with E-state index in [0.29, 0.717) is 25.3 Å². The minimum Gasteiger partial charge on any atom is -0.377 e. The lowest BCUT2D eigenvalue weighted by atomic mass is 10.1. The molecule has 0 bridgehead atoms. The van der Waals surface area contributed by atoms with Crippen molar-refractivity contribution >= 4 is 5.57 Å². The van der Waals surface area contributed by atoms with E-state index < -0.39 is 5.95 Å². The number of rotatable bonds is 1. The fourth-order valence-electron chi connectivity index (χ4n) is 1.28. The summed E-state index contributed by atoms with van der Waals surface area (Å²) in [5.74, 6) is -0.504. The van der Waals surface area contributed by atoms with Crippen LogP contribution < -0.4 is 0 Å². The van der Waals surface area contributed by atoms with Crippen molar-refractivity contribution in [3.8, 4) is 0 Å². The molecule has 0 aromatic carbocycles. The van der Waals surface area contributed by atoms with Crippen LogP contribution in [-0.4, -0.2) is 23.2 Å². The molecule has 0 fully saturated rings. The maximum atomic E-state index is 13.1. The molecule has 2 rings (SSSR count). The average Bonchev–Trinajstić information content (AvgIpc) is 2.20. The first-order valence-corrected chi connectivity index (χ1v) is 4.11. The Morgan fingerprint density at radius 2 is 2.15 bits per heavy atom.